The number of benzene rings is 1. The third-order valence-electron chi connectivity index (χ3n) is 2.77. The molecule has 1 aromatic heterocycles. The highest BCUT2D eigenvalue weighted by Gasteiger charge is 2.18. The number of nitrogens with two attached hydrogens (primary N) is 1. The molecule has 0 saturated carbocycles. The van der Waals surface area contributed by atoms with Crippen molar-refractivity contribution in [2.45, 2.75) is 22.6 Å². The molecule has 108 valence electrons. The van der Waals surface area contributed by atoms with Gasteiger partial charge in [0.05, 0.1) is 0 Å². The Labute approximate surface area is 127 Å². The molecule has 0 atom stereocenters. The average molecular weight is 328 g/mol. The quantitative estimate of drug-likeness (QED) is 0.828. The van der Waals surface area contributed by atoms with E-state index in [-0.39, 0.29) is 0 Å². The lowest BCUT2D eigenvalue weighted by molar-refractivity contribution is 0.603. The van der Waals surface area contributed by atoms with Gasteiger partial charge in [0.25, 0.3) is 10.0 Å². The maximum Gasteiger partial charge on any atom is 0.271 e. The topological polar surface area (TPSA) is 72.2 Å². The van der Waals surface area contributed by atoms with E-state index in [0.29, 0.717) is 16.4 Å². The lowest BCUT2D eigenvalue weighted by Crippen LogP contribution is -2.11. The maximum atomic E-state index is 12.3. The first-order valence-corrected chi connectivity index (χ1v) is 9.45. The van der Waals surface area contributed by atoms with E-state index < -0.39 is 10.0 Å². The molecule has 20 heavy (non-hydrogen) atoms. The van der Waals surface area contributed by atoms with Crippen LogP contribution in [0.4, 0.5) is 5.69 Å². The molecule has 0 aliphatic rings. The van der Waals surface area contributed by atoms with Gasteiger partial charge in [-0.05, 0) is 43.0 Å². The van der Waals surface area contributed by atoms with Gasteiger partial charge in [-0.25, -0.2) is 8.42 Å². The second-order valence-corrected chi connectivity index (χ2v) is 8.14. The number of rotatable bonds is 5. The van der Waals surface area contributed by atoms with Crippen molar-refractivity contribution in [3.63, 3.8) is 0 Å². The summed E-state index contributed by atoms with van der Waals surface area (Å²) in [6, 6.07) is 8.97. The van der Waals surface area contributed by atoms with Crippen LogP contribution < -0.4 is 10.5 Å². The van der Waals surface area contributed by atoms with Gasteiger partial charge in [0, 0.05) is 22.0 Å². The Kier molecular flexibility index (Phi) is 4.74. The van der Waals surface area contributed by atoms with E-state index in [4.69, 9.17) is 5.73 Å². The molecule has 1 aromatic carbocycles. The summed E-state index contributed by atoms with van der Waals surface area (Å²) < 4.78 is 27.6. The summed E-state index contributed by atoms with van der Waals surface area (Å²) in [5.74, 6) is 0. The predicted octanol–water partition coefficient (Wildman–Crippen LogP) is 3.04. The van der Waals surface area contributed by atoms with Crippen molar-refractivity contribution < 1.29 is 8.42 Å². The first-order valence-electron chi connectivity index (χ1n) is 5.92. The van der Waals surface area contributed by atoms with Gasteiger partial charge in [0.2, 0.25) is 0 Å². The van der Waals surface area contributed by atoms with E-state index in [2.05, 4.69) is 4.72 Å². The predicted molar refractivity (Wildman–Crippen MR) is 86.0 cm³/mol. The van der Waals surface area contributed by atoms with Crippen LogP contribution in [0.25, 0.3) is 0 Å². The Morgan fingerprint density at radius 2 is 2.10 bits per heavy atom. The molecular weight excluding hydrogens is 312 g/mol. The molecule has 7 heteroatoms. The van der Waals surface area contributed by atoms with Crippen molar-refractivity contribution >= 4 is 38.8 Å². The van der Waals surface area contributed by atoms with Gasteiger partial charge >= 0.3 is 0 Å². The first-order chi connectivity index (χ1) is 9.46. The summed E-state index contributed by atoms with van der Waals surface area (Å²) in [4.78, 5) is 1.90. The summed E-state index contributed by atoms with van der Waals surface area (Å²) in [7, 11) is -3.55. The minimum Gasteiger partial charge on any atom is -0.326 e. The minimum absolute atomic E-state index is 0.296. The molecule has 0 bridgehead atoms. The Morgan fingerprint density at radius 3 is 2.70 bits per heavy atom. The number of anilines is 1. The molecule has 0 aliphatic carbocycles. The van der Waals surface area contributed by atoms with Crippen molar-refractivity contribution in [2.75, 3.05) is 11.0 Å². The number of hydrogen-bond donors (Lipinski definition) is 2. The molecule has 0 radical (unpaired) electrons. The third kappa shape index (κ3) is 3.35. The molecule has 4 nitrogen and oxygen atoms in total. The normalized spacial score (nSPS) is 11.6. The van der Waals surface area contributed by atoms with Crippen LogP contribution in [0.3, 0.4) is 0 Å². The van der Waals surface area contributed by atoms with Crippen molar-refractivity contribution in [3.8, 4) is 0 Å². The fraction of sp³-hybridized carbons (Fsp3) is 0.231. The minimum atomic E-state index is -3.55. The van der Waals surface area contributed by atoms with Gasteiger partial charge in [0.15, 0.2) is 0 Å². The first kappa shape index (κ1) is 15.4. The fourth-order valence-corrected chi connectivity index (χ4v) is 4.69. The number of thioether (sulfide) groups is 1. The summed E-state index contributed by atoms with van der Waals surface area (Å²) >= 11 is 2.78. The smallest absolute Gasteiger partial charge is 0.271 e. The molecular formula is C13H16N2O2S3. The zero-order chi connectivity index (χ0) is 14.8. The largest absolute Gasteiger partial charge is 0.326 e. The van der Waals surface area contributed by atoms with Crippen LogP contribution >= 0.6 is 23.1 Å². The molecule has 0 saturated heterocycles. The number of sulfonamides is 1. The van der Waals surface area contributed by atoms with E-state index >= 15 is 0 Å². The van der Waals surface area contributed by atoms with Crippen LogP contribution in [0.2, 0.25) is 0 Å². The lowest BCUT2D eigenvalue weighted by atomic mass is 10.3. The highest BCUT2D eigenvalue weighted by molar-refractivity contribution is 7.98. The average Bonchev–Trinajstić information content (AvgIpc) is 2.80. The van der Waals surface area contributed by atoms with Crippen molar-refractivity contribution in [1.82, 2.24) is 0 Å². The zero-order valence-corrected chi connectivity index (χ0v) is 13.7. The highest BCUT2D eigenvalue weighted by Crippen LogP contribution is 2.28. The van der Waals surface area contributed by atoms with Gasteiger partial charge in [-0.3, -0.25) is 4.72 Å². The number of aryl methyl sites for hydroxylation is 1. The number of nitrogens with one attached hydrogen (secondary N) is 1. The van der Waals surface area contributed by atoms with E-state index in [0.717, 1.165) is 15.3 Å². The number of thiophene rings is 1. The van der Waals surface area contributed by atoms with Gasteiger partial charge < -0.3 is 5.73 Å². The molecule has 0 spiro atoms. The highest BCUT2D eigenvalue weighted by atomic mass is 32.2. The molecule has 0 aliphatic heterocycles. The molecule has 0 fully saturated rings. The second-order valence-electron chi connectivity index (χ2n) is 4.21. The zero-order valence-electron chi connectivity index (χ0n) is 11.2. The van der Waals surface area contributed by atoms with E-state index in [1.54, 1.807) is 23.9 Å². The standard InChI is InChI=1S/C13H16N2O2S3/c1-9-6-13(19-12(9)8-14)20(16,17)15-10-4-3-5-11(7-10)18-2/h3-7,15H,8,14H2,1-2H3. The maximum absolute atomic E-state index is 12.3. The van der Waals surface area contributed by atoms with E-state index in [1.165, 1.54) is 11.3 Å². The molecule has 2 rings (SSSR count). The SMILES string of the molecule is CSc1cccc(NS(=O)(=O)c2cc(C)c(CN)s2)c1. The Morgan fingerprint density at radius 1 is 1.35 bits per heavy atom. The van der Waals surface area contributed by atoms with Crippen LogP contribution in [0.1, 0.15) is 10.4 Å². The molecule has 1 heterocycles. The van der Waals surface area contributed by atoms with Crippen molar-refractivity contribution in [2.24, 2.45) is 5.73 Å². The fourth-order valence-electron chi connectivity index (χ4n) is 1.72. The van der Waals surface area contributed by atoms with E-state index in [9.17, 15) is 8.42 Å². The summed E-state index contributed by atoms with van der Waals surface area (Å²) in [6.07, 6.45) is 1.95. The molecule has 3 N–H and O–H groups in total. The monoisotopic (exact) mass is 328 g/mol. The van der Waals surface area contributed by atoms with Gasteiger partial charge in [-0.2, -0.15) is 0 Å². The molecule has 2 aromatic rings. The van der Waals surface area contributed by atoms with Crippen LogP contribution in [0.15, 0.2) is 39.4 Å². The van der Waals surface area contributed by atoms with Crippen LogP contribution in [-0.4, -0.2) is 14.7 Å². The lowest BCUT2D eigenvalue weighted by Gasteiger charge is -2.07. The second kappa shape index (κ2) is 6.17. The van der Waals surface area contributed by atoms with Crippen molar-refractivity contribution in [3.05, 3.63) is 40.8 Å². The van der Waals surface area contributed by atoms with Gasteiger partial charge in [-0.1, -0.05) is 6.07 Å². The van der Waals surface area contributed by atoms with Crippen molar-refractivity contribution in [1.29, 1.82) is 0 Å². The Hall–Kier alpha value is -1.02. The van der Waals surface area contributed by atoms with E-state index in [1.807, 2.05) is 31.4 Å². The summed E-state index contributed by atoms with van der Waals surface area (Å²) in [5, 5.41) is 0. The Bertz CT molecular complexity index is 708. The van der Waals surface area contributed by atoms with Crippen LogP contribution in [0, 0.1) is 6.92 Å². The van der Waals surface area contributed by atoms with Gasteiger partial charge in [0.1, 0.15) is 4.21 Å². The number of hydrogen-bond acceptors (Lipinski definition) is 5. The molecule has 0 amide bonds. The Balaban J connectivity index is 2.30. The van der Waals surface area contributed by atoms with Crippen LogP contribution in [-0.2, 0) is 16.6 Å². The van der Waals surface area contributed by atoms with Crippen LogP contribution in [0.5, 0.6) is 0 Å². The summed E-state index contributed by atoms with van der Waals surface area (Å²) in [5.41, 5.74) is 7.07. The van der Waals surface area contributed by atoms with Gasteiger partial charge in [-0.15, -0.1) is 23.1 Å². The molecule has 0 unspecified atom stereocenters. The summed E-state index contributed by atoms with van der Waals surface area (Å²) in [6.45, 7) is 2.22. The third-order valence-corrected chi connectivity index (χ3v) is 6.61.